The third kappa shape index (κ3) is 4.47. The zero-order valence-electron chi connectivity index (χ0n) is 10.7. The van der Waals surface area contributed by atoms with E-state index in [2.05, 4.69) is 22.2 Å². The summed E-state index contributed by atoms with van der Waals surface area (Å²) >= 11 is 0. The van der Waals surface area contributed by atoms with Crippen LogP contribution in [0.5, 0.6) is 0 Å². The molecule has 1 N–H and O–H groups in total. The average Bonchev–Trinajstić information content (AvgIpc) is 2.89. The molecule has 0 bridgehead atoms. The molecule has 94 valence electrons. The Morgan fingerprint density at radius 1 is 1.19 bits per heavy atom. The van der Waals surface area contributed by atoms with E-state index in [0.29, 0.717) is 6.42 Å². The molecule has 0 saturated carbocycles. The lowest BCUT2D eigenvalue weighted by Crippen LogP contribution is -2.29. The highest BCUT2D eigenvalue weighted by Crippen LogP contribution is 2.02. The van der Waals surface area contributed by atoms with E-state index in [-0.39, 0.29) is 5.91 Å². The SMILES string of the molecule is CCC(=O)N1CCN(C)C1.CN1CCNC1. The van der Waals surface area contributed by atoms with Gasteiger partial charge in [0.05, 0.1) is 6.67 Å². The van der Waals surface area contributed by atoms with E-state index in [9.17, 15) is 4.79 Å². The third-order valence-corrected chi connectivity index (χ3v) is 2.87. The summed E-state index contributed by atoms with van der Waals surface area (Å²) in [4.78, 5) is 17.3. The molecule has 0 spiro atoms. The number of likely N-dealkylation sites (N-methyl/N-ethyl adjacent to an activating group) is 2. The lowest BCUT2D eigenvalue weighted by molar-refractivity contribution is -0.130. The second-order valence-electron chi connectivity index (χ2n) is 4.47. The van der Waals surface area contributed by atoms with Crippen molar-refractivity contribution >= 4 is 5.91 Å². The number of carbonyl (C=O) groups excluding carboxylic acids is 1. The van der Waals surface area contributed by atoms with Crippen molar-refractivity contribution in [3.63, 3.8) is 0 Å². The van der Waals surface area contributed by atoms with Crippen LogP contribution in [0.15, 0.2) is 0 Å². The molecular weight excluding hydrogens is 204 g/mol. The number of carbonyl (C=O) groups is 1. The lowest BCUT2D eigenvalue weighted by atomic mass is 10.4. The molecule has 2 aliphatic rings. The van der Waals surface area contributed by atoms with Crippen LogP contribution in [0.25, 0.3) is 0 Å². The number of hydrogen-bond acceptors (Lipinski definition) is 4. The molecule has 0 aromatic heterocycles. The second-order valence-corrected chi connectivity index (χ2v) is 4.47. The zero-order chi connectivity index (χ0) is 12.0. The van der Waals surface area contributed by atoms with E-state index in [1.165, 1.54) is 6.54 Å². The van der Waals surface area contributed by atoms with Gasteiger partial charge in [0.15, 0.2) is 0 Å². The van der Waals surface area contributed by atoms with Gasteiger partial charge in [0.25, 0.3) is 0 Å². The molecule has 5 heteroatoms. The molecule has 2 heterocycles. The lowest BCUT2D eigenvalue weighted by Gasteiger charge is -2.13. The fraction of sp³-hybridized carbons (Fsp3) is 0.909. The van der Waals surface area contributed by atoms with Crippen molar-refractivity contribution < 1.29 is 4.79 Å². The normalized spacial score (nSPS) is 22.1. The first-order chi connectivity index (χ1) is 7.63. The van der Waals surface area contributed by atoms with Crippen molar-refractivity contribution in [3.05, 3.63) is 0 Å². The minimum absolute atomic E-state index is 0.268. The van der Waals surface area contributed by atoms with Gasteiger partial charge in [-0.05, 0) is 14.1 Å². The first kappa shape index (κ1) is 13.4. The van der Waals surface area contributed by atoms with Crippen molar-refractivity contribution in [2.75, 3.05) is 53.6 Å². The van der Waals surface area contributed by atoms with Gasteiger partial charge in [-0.3, -0.25) is 14.6 Å². The van der Waals surface area contributed by atoms with Gasteiger partial charge in [0, 0.05) is 39.3 Å². The maximum absolute atomic E-state index is 11.1. The summed E-state index contributed by atoms with van der Waals surface area (Å²) < 4.78 is 0. The van der Waals surface area contributed by atoms with Gasteiger partial charge in [0.1, 0.15) is 0 Å². The smallest absolute Gasteiger partial charge is 0.223 e. The Hall–Kier alpha value is -0.650. The highest BCUT2D eigenvalue weighted by molar-refractivity contribution is 5.75. The van der Waals surface area contributed by atoms with Crippen molar-refractivity contribution in [2.45, 2.75) is 13.3 Å². The van der Waals surface area contributed by atoms with Crippen LogP contribution in [0, 0.1) is 0 Å². The molecule has 0 radical (unpaired) electrons. The Kier molecular flexibility index (Phi) is 5.73. The molecule has 0 atom stereocenters. The van der Waals surface area contributed by atoms with Crippen molar-refractivity contribution in [3.8, 4) is 0 Å². The summed E-state index contributed by atoms with van der Waals surface area (Å²) in [7, 11) is 4.14. The number of amides is 1. The van der Waals surface area contributed by atoms with Gasteiger partial charge in [-0.15, -0.1) is 0 Å². The molecule has 2 aliphatic heterocycles. The van der Waals surface area contributed by atoms with Crippen LogP contribution < -0.4 is 5.32 Å². The number of hydrogen-bond donors (Lipinski definition) is 1. The summed E-state index contributed by atoms with van der Waals surface area (Å²) in [5, 5.41) is 3.20. The van der Waals surface area contributed by atoms with E-state index < -0.39 is 0 Å². The highest BCUT2D eigenvalue weighted by Gasteiger charge is 2.19. The first-order valence-corrected chi connectivity index (χ1v) is 5.99. The van der Waals surface area contributed by atoms with E-state index in [0.717, 1.165) is 33.0 Å². The van der Waals surface area contributed by atoms with Gasteiger partial charge in [-0.2, -0.15) is 0 Å². The van der Waals surface area contributed by atoms with Crippen LogP contribution in [-0.4, -0.2) is 74.2 Å². The van der Waals surface area contributed by atoms with Crippen LogP contribution in [0.3, 0.4) is 0 Å². The topological polar surface area (TPSA) is 38.8 Å². The number of rotatable bonds is 1. The monoisotopic (exact) mass is 228 g/mol. The molecule has 0 aromatic rings. The van der Waals surface area contributed by atoms with Crippen LogP contribution in [0.2, 0.25) is 0 Å². The van der Waals surface area contributed by atoms with Crippen LogP contribution in [0.4, 0.5) is 0 Å². The molecule has 0 aliphatic carbocycles. The van der Waals surface area contributed by atoms with E-state index in [1.54, 1.807) is 0 Å². The maximum atomic E-state index is 11.1. The molecule has 5 nitrogen and oxygen atoms in total. The number of nitrogens with one attached hydrogen (secondary N) is 1. The third-order valence-electron chi connectivity index (χ3n) is 2.87. The van der Waals surface area contributed by atoms with E-state index in [4.69, 9.17) is 0 Å². The van der Waals surface area contributed by atoms with E-state index in [1.807, 2.05) is 18.9 Å². The molecule has 2 rings (SSSR count). The minimum Gasteiger partial charge on any atom is -0.328 e. The van der Waals surface area contributed by atoms with Crippen LogP contribution in [-0.2, 0) is 4.79 Å². The van der Waals surface area contributed by atoms with Gasteiger partial charge >= 0.3 is 0 Å². The molecule has 16 heavy (non-hydrogen) atoms. The predicted octanol–water partition coefficient (Wildman–Crippen LogP) is -0.393. The van der Waals surface area contributed by atoms with Gasteiger partial charge in [-0.25, -0.2) is 0 Å². The molecular formula is C11H24N4O. The quantitative estimate of drug-likeness (QED) is 0.663. The van der Waals surface area contributed by atoms with E-state index >= 15 is 0 Å². The Balaban J connectivity index is 0.000000181. The summed E-state index contributed by atoms with van der Waals surface area (Å²) in [6.07, 6.45) is 0.633. The highest BCUT2D eigenvalue weighted by atomic mass is 16.2. The Bertz CT molecular complexity index is 216. The van der Waals surface area contributed by atoms with Crippen molar-refractivity contribution in [1.82, 2.24) is 20.0 Å². The second kappa shape index (κ2) is 6.83. The summed E-state index contributed by atoms with van der Waals surface area (Å²) in [6, 6.07) is 0. The van der Waals surface area contributed by atoms with Crippen LogP contribution in [0.1, 0.15) is 13.3 Å². The Labute approximate surface area is 98.4 Å². The fourth-order valence-electron chi connectivity index (χ4n) is 1.77. The fourth-order valence-corrected chi connectivity index (χ4v) is 1.77. The Morgan fingerprint density at radius 2 is 1.94 bits per heavy atom. The standard InChI is InChI=1S/C7H14N2O.C4H10N2/c1-3-7(10)9-5-4-8(2)6-9;1-6-3-2-5-4-6/h3-6H2,1-2H3;5H,2-4H2,1H3. The molecule has 0 unspecified atom stereocenters. The molecule has 2 fully saturated rings. The largest absolute Gasteiger partial charge is 0.328 e. The number of nitrogens with zero attached hydrogens (tertiary/aromatic N) is 3. The zero-order valence-corrected chi connectivity index (χ0v) is 10.7. The first-order valence-electron chi connectivity index (χ1n) is 5.99. The van der Waals surface area contributed by atoms with Gasteiger partial charge in [-0.1, -0.05) is 6.92 Å². The summed E-state index contributed by atoms with van der Waals surface area (Å²) in [5.74, 6) is 0.268. The average molecular weight is 228 g/mol. The summed E-state index contributed by atoms with van der Waals surface area (Å²) in [6.45, 7) is 8.08. The van der Waals surface area contributed by atoms with Crippen molar-refractivity contribution in [2.24, 2.45) is 0 Å². The van der Waals surface area contributed by atoms with Crippen LogP contribution >= 0.6 is 0 Å². The molecule has 2 saturated heterocycles. The summed E-state index contributed by atoms with van der Waals surface area (Å²) in [5.41, 5.74) is 0. The molecule has 0 aromatic carbocycles. The van der Waals surface area contributed by atoms with Gasteiger partial charge < -0.3 is 10.2 Å². The molecule has 1 amide bonds. The predicted molar refractivity (Wildman–Crippen MR) is 65.0 cm³/mol. The maximum Gasteiger partial charge on any atom is 0.223 e. The van der Waals surface area contributed by atoms with Gasteiger partial charge in [0.2, 0.25) is 5.91 Å². The minimum atomic E-state index is 0.268. The van der Waals surface area contributed by atoms with Crippen molar-refractivity contribution in [1.29, 1.82) is 0 Å². The Morgan fingerprint density at radius 3 is 2.25 bits per heavy atom.